The number of carbonyl (C=O) groups excluding carboxylic acids is 1. The Morgan fingerprint density at radius 2 is 2.17 bits per heavy atom. The molecule has 1 aromatic heterocycles. The van der Waals surface area contributed by atoms with Crippen LogP contribution in [0.3, 0.4) is 0 Å². The summed E-state index contributed by atoms with van der Waals surface area (Å²) in [6.07, 6.45) is 4.63. The molecule has 0 radical (unpaired) electrons. The van der Waals surface area contributed by atoms with E-state index in [9.17, 15) is 4.79 Å². The van der Waals surface area contributed by atoms with Crippen molar-refractivity contribution in [3.63, 3.8) is 0 Å². The molecule has 1 heterocycles. The number of aromatic nitrogens is 1. The number of nitrogens with one attached hydrogen (secondary N) is 1. The highest BCUT2D eigenvalue weighted by molar-refractivity contribution is 7.13. The quantitative estimate of drug-likeness (QED) is 0.867. The average molecular weight is 287 g/mol. The van der Waals surface area contributed by atoms with Crippen LogP contribution < -0.4 is 5.32 Å². The molecule has 5 heteroatoms. The Labute approximate surface area is 117 Å². The zero-order valence-corrected chi connectivity index (χ0v) is 12.4. The predicted octanol–water partition coefficient (Wildman–Crippen LogP) is 3.29. The third kappa shape index (κ3) is 3.23. The maximum atomic E-state index is 12.0. The molecule has 2 atom stereocenters. The van der Waals surface area contributed by atoms with Crippen molar-refractivity contribution in [1.82, 2.24) is 10.3 Å². The molecule has 1 saturated carbocycles. The molecule has 1 aliphatic carbocycles. The summed E-state index contributed by atoms with van der Waals surface area (Å²) in [6, 6.07) is 0. The second-order valence-electron chi connectivity index (χ2n) is 4.92. The van der Waals surface area contributed by atoms with Crippen molar-refractivity contribution >= 4 is 28.8 Å². The molecule has 1 aromatic rings. The SMILES string of the molecule is Cc1nc(C)c(C(=O)NCC2CCCCC2Cl)s1. The first kappa shape index (κ1) is 13.8. The van der Waals surface area contributed by atoms with Gasteiger partial charge < -0.3 is 5.32 Å². The molecule has 2 unspecified atom stereocenters. The minimum absolute atomic E-state index is 0.00691. The highest BCUT2D eigenvalue weighted by Crippen LogP contribution is 2.28. The first-order chi connectivity index (χ1) is 8.58. The van der Waals surface area contributed by atoms with Crippen LogP contribution in [0.1, 0.15) is 46.1 Å². The normalized spacial score (nSPS) is 23.9. The van der Waals surface area contributed by atoms with Crippen molar-refractivity contribution in [2.24, 2.45) is 5.92 Å². The van der Waals surface area contributed by atoms with Crippen molar-refractivity contribution in [2.75, 3.05) is 6.54 Å². The molecule has 1 aliphatic rings. The van der Waals surface area contributed by atoms with Crippen LogP contribution in [0.15, 0.2) is 0 Å². The second-order valence-corrected chi connectivity index (χ2v) is 6.68. The third-order valence-electron chi connectivity index (χ3n) is 3.45. The van der Waals surface area contributed by atoms with Crippen molar-refractivity contribution in [3.8, 4) is 0 Å². The predicted molar refractivity (Wildman–Crippen MR) is 75.5 cm³/mol. The Kier molecular flexibility index (Phi) is 4.62. The monoisotopic (exact) mass is 286 g/mol. The molecule has 1 amide bonds. The molecule has 2 rings (SSSR count). The fraction of sp³-hybridized carbons (Fsp3) is 0.692. The van der Waals surface area contributed by atoms with Gasteiger partial charge in [0, 0.05) is 11.9 Å². The van der Waals surface area contributed by atoms with Gasteiger partial charge in [0.1, 0.15) is 4.88 Å². The van der Waals surface area contributed by atoms with E-state index >= 15 is 0 Å². The van der Waals surface area contributed by atoms with Gasteiger partial charge in [0.25, 0.3) is 5.91 Å². The van der Waals surface area contributed by atoms with Crippen molar-refractivity contribution < 1.29 is 4.79 Å². The summed E-state index contributed by atoms with van der Waals surface area (Å²) in [6.45, 7) is 4.48. The first-order valence-corrected chi connectivity index (χ1v) is 7.69. The van der Waals surface area contributed by atoms with Gasteiger partial charge in [0.2, 0.25) is 0 Å². The molecule has 0 aliphatic heterocycles. The Bertz CT molecular complexity index is 433. The molecular weight excluding hydrogens is 268 g/mol. The van der Waals surface area contributed by atoms with E-state index in [1.165, 1.54) is 24.2 Å². The molecule has 0 aromatic carbocycles. The van der Waals surface area contributed by atoms with Crippen molar-refractivity contribution in [2.45, 2.75) is 44.9 Å². The van der Waals surface area contributed by atoms with Crippen LogP contribution in [0.5, 0.6) is 0 Å². The maximum absolute atomic E-state index is 12.0. The van der Waals surface area contributed by atoms with Crippen LogP contribution in [-0.2, 0) is 0 Å². The van der Waals surface area contributed by atoms with Gasteiger partial charge in [-0.2, -0.15) is 0 Å². The molecule has 0 bridgehead atoms. The van der Waals surface area contributed by atoms with Crippen LogP contribution in [0.2, 0.25) is 0 Å². The van der Waals surface area contributed by atoms with Crippen molar-refractivity contribution in [1.29, 1.82) is 0 Å². The van der Waals surface area contributed by atoms with Crippen LogP contribution in [0, 0.1) is 19.8 Å². The van der Waals surface area contributed by atoms with E-state index in [1.807, 2.05) is 13.8 Å². The third-order valence-corrected chi connectivity index (χ3v) is 5.10. The Balaban J connectivity index is 1.90. The number of alkyl halides is 1. The zero-order valence-electron chi connectivity index (χ0n) is 10.8. The summed E-state index contributed by atoms with van der Waals surface area (Å²) in [7, 11) is 0. The van der Waals surface area contributed by atoms with Crippen LogP contribution in [0.25, 0.3) is 0 Å². The van der Waals surface area contributed by atoms with Gasteiger partial charge in [-0.15, -0.1) is 22.9 Å². The second kappa shape index (κ2) is 6.02. The summed E-state index contributed by atoms with van der Waals surface area (Å²) < 4.78 is 0. The fourth-order valence-electron chi connectivity index (χ4n) is 2.44. The van der Waals surface area contributed by atoms with Gasteiger partial charge in [0.15, 0.2) is 0 Å². The summed E-state index contributed by atoms with van der Waals surface area (Å²) in [5, 5.41) is 4.15. The van der Waals surface area contributed by atoms with Gasteiger partial charge in [-0.1, -0.05) is 12.8 Å². The lowest BCUT2D eigenvalue weighted by molar-refractivity contribution is 0.0947. The highest BCUT2D eigenvalue weighted by Gasteiger charge is 2.24. The van der Waals surface area contributed by atoms with E-state index in [4.69, 9.17) is 11.6 Å². The lowest BCUT2D eigenvalue weighted by Gasteiger charge is -2.26. The smallest absolute Gasteiger partial charge is 0.263 e. The summed E-state index contributed by atoms with van der Waals surface area (Å²) >= 11 is 7.74. The number of hydrogen-bond donors (Lipinski definition) is 1. The minimum Gasteiger partial charge on any atom is -0.351 e. The number of halogens is 1. The fourth-order valence-corrected chi connectivity index (χ4v) is 3.64. The number of rotatable bonds is 3. The lowest BCUT2D eigenvalue weighted by atomic mass is 9.89. The largest absolute Gasteiger partial charge is 0.351 e. The molecule has 1 N–H and O–H groups in total. The number of thiazole rings is 1. The van der Waals surface area contributed by atoms with Crippen LogP contribution in [-0.4, -0.2) is 22.8 Å². The maximum Gasteiger partial charge on any atom is 0.263 e. The number of aryl methyl sites for hydroxylation is 2. The molecule has 18 heavy (non-hydrogen) atoms. The standard InChI is InChI=1S/C13H19ClN2OS/c1-8-12(18-9(2)16-8)13(17)15-7-10-5-3-4-6-11(10)14/h10-11H,3-7H2,1-2H3,(H,15,17). The van der Waals surface area contributed by atoms with Gasteiger partial charge in [-0.3, -0.25) is 4.79 Å². The molecule has 100 valence electrons. The van der Waals surface area contributed by atoms with E-state index in [2.05, 4.69) is 10.3 Å². The Hall–Kier alpha value is -0.610. The van der Waals surface area contributed by atoms with Crippen LogP contribution >= 0.6 is 22.9 Å². The van der Waals surface area contributed by atoms with E-state index in [0.29, 0.717) is 12.5 Å². The lowest BCUT2D eigenvalue weighted by Crippen LogP contribution is -2.34. The van der Waals surface area contributed by atoms with Gasteiger partial charge in [-0.25, -0.2) is 4.98 Å². The van der Waals surface area contributed by atoms with Gasteiger partial charge in [0.05, 0.1) is 10.7 Å². The number of carbonyl (C=O) groups is 1. The topological polar surface area (TPSA) is 42.0 Å². The van der Waals surface area contributed by atoms with Crippen molar-refractivity contribution in [3.05, 3.63) is 15.6 Å². The summed E-state index contributed by atoms with van der Waals surface area (Å²) in [5.74, 6) is 0.409. The molecule has 1 fully saturated rings. The molecule has 0 saturated heterocycles. The Morgan fingerprint density at radius 1 is 1.44 bits per heavy atom. The number of nitrogens with zero attached hydrogens (tertiary/aromatic N) is 1. The zero-order chi connectivity index (χ0) is 13.1. The van der Waals surface area contributed by atoms with Gasteiger partial charge in [-0.05, 0) is 32.6 Å². The van der Waals surface area contributed by atoms with Crippen LogP contribution in [0.4, 0.5) is 0 Å². The Morgan fingerprint density at radius 3 is 2.78 bits per heavy atom. The van der Waals surface area contributed by atoms with E-state index in [-0.39, 0.29) is 11.3 Å². The average Bonchev–Trinajstić information content (AvgIpc) is 2.67. The van der Waals surface area contributed by atoms with Gasteiger partial charge >= 0.3 is 0 Å². The first-order valence-electron chi connectivity index (χ1n) is 6.44. The van der Waals surface area contributed by atoms with E-state index in [0.717, 1.165) is 28.4 Å². The minimum atomic E-state index is -0.00691. The number of amides is 1. The highest BCUT2D eigenvalue weighted by atomic mass is 35.5. The summed E-state index contributed by atoms with van der Waals surface area (Å²) in [5.41, 5.74) is 0.820. The van der Waals surface area contributed by atoms with E-state index in [1.54, 1.807) is 0 Å². The summed E-state index contributed by atoms with van der Waals surface area (Å²) in [4.78, 5) is 17.0. The van der Waals surface area contributed by atoms with E-state index < -0.39 is 0 Å². The molecule has 3 nitrogen and oxygen atoms in total. The molecule has 0 spiro atoms. The number of hydrogen-bond acceptors (Lipinski definition) is 3. The molecular formula is C13H19ClN2OS.